The van der Waals surface area contributed by atoms with Crippen molar-refractivity contribution in [2.75, 3.05) is 0 Å². The number of hydrogen-bond acceptors (Lipinski definition) is 1. The molecule has 0 spiro atoms. The van der Waals surface area contributed by atoms with E-state index in [1.54, 1.807) is 0 Å². The summed E-state index contributed by atoms with van der Waals surface area (Å²) >= 11 is 0. The van der Waals surface area contributed by atoms with Gasteiger partial charge in [-0.1, -0.05) is 44.2 Å². The van der Waals surface area contributed by atoms with E-state index in [9.17, 15) is 5.11 Å². The third kappa shape index (κ3) is 1.42. The Labute approximate surface area is 102 Å². The second-order valence-electron chi connectivity index (χ2n) is 5.81. The maximum Gasteiger partial charge on any atom is 0.0801 e. The highest BCUT2D eigenvalue weighted by Gasteiger charge is 2.37. The molecule has 1 heteroatoms. The maximum absolute atomic E-state index is 10.2. The molecule has 1 atom stereocenters. The molecule has 1 unspecified atom stereocenters. The fraction of sp³-hybridized carbons (Fsp3) is 0.375. The van der Waals surface area contributed by atoms with Gasteiger partial charge in [0.15, 0.2) is 0 Å². The lowest BCUT2D eigenvalue weighted by Crippen LogP contribution is -2.13. The molecule has 88 valence electrons. The van der Waals surface area contributed by atoms with Gasteiger partial charge < -0.3 is 5.11 Å². The van der Waals surface area contributed by atoms with Crippen LogP contribution in [-0.2, 0) is 5.41 Å². The zero-order valence-electron chi connectivity index (χ0n) is 10.6. The first-order valence-corrected chi connectivity index (χ1v) is 6.21. The van der Waals surface area contributed by atoms with Crippen molar-refractivity contribution in [2.45, 2.75) is 38.7 Å². The molecule has 2 aromatic carbocycles. The molecule has 0 saturated heterocycles. The summed E-state index contributed by atoms with van der Waals surface area (Å²) in [6.07, 6.45) is 0.527. The first-order valence-electron chi connectivity index (χ1n) is 6.21. The van der Waals surface area contributed by atoms with Gasteiger partial charge in [0, 0.05) is 0 Å². The minimum Gasteiger partial charge on any atom is -0.388 e. The molecule has 3 rings (SSSR count). The van der Waals surface area contributed by atoms with Crippen molar-refractivity contribution >= 4 is 10.8 Å². The van der Waals surface area contributed by atoms with E-state index in [0.717, 1.165) is 12.0 Å². The number of aliphatic hydroxyl groups is 1. The molecule has 2 aromatic rings. The van der Waals surface area contributed by atoms with Gasteiger partial charge in [0.25, 0.3) is 0 Å². The van der Waals surface area contributed by atoms with E-state index in [-0.39, 0.29) is 11.5 Å². The van der Waals surface area contributed by atoms with E-state index in [0.29, 0.717) is 0 Å². The summed E-state index contributed by atoms with van der Waals surface area (Å²) in [5.74, 6) is 0. The average molecular weight is 226 g/mol. The number of aryl methyl sites for hydroxylation is 1. The maximum atomic E-state index is 10.2. The highest BCUT2D eigenvalue weighted by atomic mass is 16.3. The van der Waals surface area contributed by atoms with Crippen LogP contribution in [0.1, 0.15) is 43.1 Å². The van der Waals surface area contributed by atoms with Gasteiger partial charge >= 0.3 is 0 Å². The van der Waals surface area contributed by atoms with Crippen LogP contribution in [0.3, 0.4) is 0 Å². The van der Waals surface area contributed by atoms with Gasteiger partial charge in [0.05, 0.1) is 6.10 Å². The van der Waals surface area contributed by atoms with Gasteiger partial charge in [-0.15, -0.1) is 0 Å². The predicted octanol–water partition coefficient (Wildman–Crippen LogP) is 3.86. The Morgan fingerprint density at radius 3 is 2.53 bits per heavy atom. The van der Waals surface area contributed by atoms with Gasteiger partial charge in [-0.2, -0.15) is 0 Å². The van der Waals surface area contributed by atoms with Crippen LogP contribution in [0.4, 0.5) is 0 Å². The van der Waals surface area contributed by atoms with E-state index in [1.807, 2.05) is 0 Å². The Kier molecular flexibility index (Phi) is 2.11. The second kappa shape index (κ2) is 3.33. The van der Waals surface area contributed by atoms with Crippen LogP contribution in [-0.4, -0.2) is 5.11 Å². The Bertz CT molecular complexity index is 596. The Balaban J connectivity index is 2.47. The molecule has 0 bridgehead atoms. The molecule has 0 radical (unpaired) electrons. The highest BCUT2D eigenvalue weighted by Crippen LogP contribution is 2.48. The van der Waals surface area contributed by atoms with Crippen molar-refractivity contribution in [1.29, 1.82) is 0 Å². The van der Waals surface area contributed by atoms with Crippen LogP contribution in [0.25, 0.3) is 10.8 Å². The first kappa shape index (κ1) is 10.8. The average Bonchev–Trinajstić information content (AvgIpc) is 2.49. The summed E-state index contributed by atoms with van der Waals surface area (Å²) in [6.45, 7) is 6.58. The van der Waals surface area contributed by atoms with E-state index in [1.165, 1.54) is 21.9 Å². The third-order valence-corrected chi connectivity index (χ3v) is 4.02. The lowest BCUT2D eigenvalue weighted by molar-refractivity contribution is 0.161. The summed E-state index contributed by atoms with van der Waals surface area (Å²) in [5.41, 5.74) is 3.80. The van der Waals surface area contributed by atoms with Gasteiger partial charge in [-0.3, -0.25) is 0 Å². The highest BCUT2D eigenvalue weighted by molar-refractivity contribution is 5.91. The number of aliphatic hydroxyl groups excluding tert-OH is 1. The zero-order chi connectivity index (χ0) is 12.2. The van der Waals surface area contributed by atoms with E-state index < -0.39 is 0 Å². The molecule has 1 aliphatic carbocycles. The molecular weight excluding hydrogens is 208 g/mol. The largest absolute Gasteiger partial charge is 0.388 e. The van der Waals surface area contributed by atoms with Crippen LogP contribution in [0, 0.1) is 6.92 Å². The SMILES string of the molecule is Cc1cc2c(c3ccccc13)C(C)(C)CC2O. The van der Waals surface area contributed by atoms with Gasteiger partial charge in [-0.25, -0.2) is 0 Å². The van der Waals surface area contributed by atoms with Crippen LogP contribution < -0.4 is 0 Å². The molecule has 0 aromatic heterocycles. The topological polar surface area (TPSA) is 20.2 Å². The number of benzene rings is 2. The quantitative estimate of drug-likeness (QED) is 0.723. The minimum absolute atomic E-state index is 0.0715. The molecule has 0 saturated carbocycles. The summed E-state index contributed by atoms with van der Waals surface area (Å²) in [7, 11) is 0. The van der Waals surface area contributed by atoms with Crippen molar-refractivity contribution in [1.82, 2.24) is 0 Å². The molecule has 17 heavy (non-hydrogen) atoms. The van der Waals surface area contributed by atoms with Crippen molar-refractivity contribution in [3.63, 3.8) is 0 Å². The summed E-state index contributed by atoms with van der Waals surface area (Å²) < 4.78 is 0. The molecule has 0 amide bonds. The van der Waals surface area contributed by atoms with Crippen molar-refractivity contribution < 1.29 is 5.11 Å². The van der Waals surface area contributed by atoms with Gasteiger partial charge in [-0.05, 0) is 46.2 Å². The molecule has 0 fully saturated rings. The smallest absolute Gasteiger partial charge is 0.0801 e. The lowest BCUT2D eigenvalue weighted by Gasteiger charge is -2.21. The van der Waals surface area contributed by atoms with Gasteiger partial charge in [0.2, 0.25) is 0 Å². The fourth-order valence-corrected chi connectivity index (χ4v) is 3.30. The van der Waals surface area contributed by atoms with E-state index in [4.69, 9.17) is 0 Å². The first-order chi connectivity index (χ1) is 8.00. The fourth-order valence-electron chi connectivity index (χ4n) is 3.30. The van der Waals surface area contributed by atoms with Crippen LogP contribution >= 0.6 is 0 Å². The van der Waals surface area contributed by atoms with Crippen LogP contribution in [0.15, 0.2) is 30.3 Å². The van der Waals surface area contributed by atoms with Gasteiger partial charge in [0.1, 0.15) is 0 Å². The van der Waals surface area contributed by atoms with Crippen molar-refractivity contribution in [3.05, 3.63) is 47.0 Å². The molecular formula is C16H18O. The van der Waals surface area contributed by atoms with Crippen molar-refractivity contribution in [3.8, 4) is 0 Å². The van der Waals surface area contributed by atoms with E-state index >= 15 is 0 Å². The lowest BCUT2D eigenvalue weighted by atomic mass is 9.83. The number of fused-ring (bicyclic) bond motifs is 3. The summed E-state index contributed by atoms with van der Waals surface area (Å²) in [4.78, 5) is 0. The molecule has 0 heterocycles. The molecule has 1 nitrogen and oxygen atoms in total. The summed E-state index contributed by atoms with van der Waals surface area (Å²) in [6, 6.07) is 10.7. The predicted molar refractivity (Wildman–Crippen MR) is 71.3 cm³/mol. The standard InChI is InChI=1S/C16H18O/c1-10-8-13-14(17)9-16(2,3)15(13)12-7-5-4-6-11(10)12/h4-8,14,17H,9H2,1-3H3. The summed E-state index contributed by atoms with van der Waals surface area (Å²) in [5, 5.41) is 12.8. The molecule has 1 N–H and O–H groups in total. The van der Waals surface area contributed by atoms with Crippen LogP contribution in [0.5, 0.6) is 0 Å². The molecule has 1 aliphatic rings. The monoisotopic (exact) mass is 226 g/mol. The van der Waals surface area contributed by atoms with E-state index in [2.05, 4.69) is 51.1 Å². The van der Waals surface area contributed by atoms with Crippen molar-refractivity contribution in [2.24, 2.45) is 0 Å². The van der Waals surface area contributed by atoms with Crippen LogP contribution in [0.2, 0.25) is 0 Å². The Morgan fingerprint density at radius 2 is 1.82 bits per heavy atom. The normalized spacial score (nSPS) is 21.8. The molecule has 0 aliphatic heterocycles. The Hall–Kier alpha value is -1.34. The zero-order valence-corrected chi connectivity index (χ0v) is 10.6. The Morgan fingerprint density at radius 1 is 1.18 bits per heavy atom. The third-order valence-electron chi connectivity index (χ3n) is 4.02. The number of rotatable bonds is 0. The second-order valence-corrected chi connectivity index (χ2v) is 5.81. The minimum atomic E-state index is -0.302. The number of hydrogen-bond donors (Lipinski definition) is 1.